The minimum absolute atomic E-state index is 0.462. The van der Waals surface area contributed by atoms with Gasteiger partial charge >= 0.3 is 0 Å². The van der Waals surface area contributed by atoms with Crippen molar-refractivity contribution in [3.63, 3.8) is 0 Å². The van der Waals surface area contributed by atoms with E-state index < -0.39 is 0 Å². The molecule has 1 atom stereocenters. The Hall–Kier alpha value is -0.860. The average Bonchev–Trinajstić information content (AvgIpc) is 3.17. The van der Waals surface area contributed by atoms with E-state index in [-0.39, 0.29) is 0 Å². The maximum atomic E-state index is 3.71. The highest BCUT2D eigenvalue weighted by Gasteiger charge is 2.28. The Morgan fingerprint density at radius 3 is 2.37 bits per heavy atom. The van der Waals surface area contributed by atoms with Crippen LogP contribution in [-0.2, 0) is 0 Å². The predicted octanol–water partition coefficient (Wildman–Crippen LogP) is 3.44. The van der Waals surface area contributed by atoms with E-state index in [0.717, 1.165) is 19.1 Å². The summed E-state index contributed by atoms with van der Waals surface area (Å²) in [7, 11) is 2.26. The lowest BCUT2D eigenvalue weighted by atomic mass is 10.0. The first-order chi connectivity index (χ1) is 9.10. The molecule has 1 aromatic carbocycles. The molecular formula is C17H28N2. The number of aryl methyl sites for hydroxylation is 2. The van der Waals surface area contributed by atoms with Crippen molar-refractivity contribution in [1.29, 1.82) is 0 Å². The second kappa shape index (κ2) is 6.53. The van der Waals surface area contributed by atoms with Gasteiger partial charge in [-0.25, -0.2) is 0 Å². The van der Waals surface area contributed by atoms with Crippen molar-refractivity contribution in [2.45, 2.75) is 52.1 Å². The summed E-state index contributed by atoms with van der Waals surface area (Å²) in [6.07, 6.45) is 3.95. The summed E-state index contributed by atoms with van der Waals surface area (Å²) in [6, 6.07) is 8.22. The molecule has 2 nitrogen and oxygen atoms in total. The lowest BCUT2D eigenvalue weighted by Gasteiger charge is -2.26. The van der Waals surface area contributed by atoms with Crippen LogP contribution in [-0.4, -0.2) is 31.1 Å². The topological polar surface area (TPSA) is 15.3 Å². The zero-order valence-electron chi connectivity index (χ0n) is 12.9. The zero-order valence-corrected chi connectivity index (χ0v) is 12.9. The molecule has 0 aliphatic heterocycles. The molecule has 106 valence electrons. The van der Waals surface area contributed by atoms with E-state index in [2.05, 4.69) is 56.2 Å². The summed E-state index contributed by atoms with van der Waals surface area (Å²) in [5, 5.41) is 3.71. The number of likely N-dealkylation sites (N-methyl/N-ethyl adjacent to an activating group) is 1. The van der Waals surface area contributed by atoms with Gasteiger partial charge in [-0.2, -0.15) is 0 Å². The SMILES string of the molecule is CCCNC(CN(C)C1CC1)c1cc(C)cc(C)c1. The van der Waals surface area contributed by atoms with Crippen molar-refractivity contribution in [1.82, 2.24) is 10.2 Å². The molecule has 0 heterocycles. The van der Waals surface area contributed by atoms with Crippen LogP contribution in [0.3, 0.4) is 0 Å². The molecule has 19 heavy (non-hydrogen) atoms. The van der Waals surface area contributed by atoms with Crippen LogP contribution < -0.4 is 5.32 Å². The Morgan fingerprint density at radius 2 is 1.84 bits per heavy atom. The van der Waals surface area contributed by atoms with Crippen LogP contribution in [0, 0.1) is 13.8 Å². The van der Waals surface area contributed by atoms with Gasteiger partial charge in [0.25, 0.3) is 0 Å². The fourth-order valence-corrected chi connectivity index (χ4v) is 2.77. The van der Waals surface area contributed by atoms with Gasteiger partial charge in [0, 0.05) is 18.6 Å². The van der Waals surface area contributed by atoms with Crippen LogP contribution in [0.5, 0.6) is 0 Å². The molecule has 1 unspecified atom stereocenters. The van der Waals surface area contributed by atoms with Crippen LogP contribution >= 0.6 is 0 Å². The normalized spacial score (nSPS) is 16.9. The summed E-state index contributed by atoms with van der Waals surface area (Å²) in [5.74, 6) is 0. The Balaban J connectivity index is 2.10. The molecule has 1 aromatic rings. The molecule has 1 aliphatic carbocycles. The number of hydrogen-bond donors (Lipinski definition) is 1. The molecule has 0 spiro atoms. The largest absolute Gasteiger partial charge is 0.309 e. The predicted molar refractivity (Wildman–Crippen MR) is 82.6 cm³/mol. The summed E-state index contributed by atoms with van der Waals surface area (Å²) in [5.41, 5.74) is 4.18. The molecule has 1 N–H and O–H groups in total. The highest BCUT2D eigenvalue weighted by molar-refractivity contribution is 5.31. The van der Waals surface area contributed by atoms with Crippen molar-refractivity contribution in [3.8, 4) is 0 Å². The smallest absolute Gasteiger partial charge is 0.0449 e. The number of nitrogens with zero attached hydrogens (tertiary/aromatic N) is 1. The Bertz CT molecular complexity index is 389. The molecule has 0 amide bonds. The van der Waals surface area contributed by atoms with E-state index in [1.165, 1.54) is 36.0 Å². The third-order valence-electron chi connectivity index (χ3n) is 3.93. The van der Waals surface area contributed by atoms with Crippen LogP contribution in [0.1, 0.15) is 48.9 Å². The summed E-state index contributed by atoms with van der Waals surface area (Å²) in [4.78, 5) is 2.52. The molecule has 1 fully saturated rings. The average molecular weight is 260 g/mol. The molecule has 1 saturated carbocycles. The molecular weight excluding hydrogens is 232 g/mol. The minimum Gasteiger partial charge on any atom is -0.309 e. The number of nitrogens with one attached hydrogen (secondary N) is 1. The molecule has 0 saturated heterocycles. The highest BCUT2D eigenvalue weighted by Crippen LogP contribution is 2.27. The van der Waals surface area contributed by atoms with Crippen LogP contribution in [0.25, 0.3) is 0 Å². The molecule has 0 bridgehead atoms. The van der Waals surface area contributed by atoms with Gasteiger partial charge in [-0.05, 0) is 52.3 Å². The lowest BCUT2D eigenvalue weighted by molar-refractivity contribution is 0.281. The van der Waals surface area contributed by atoms with E-state index in [9.17, 15) is 0 Å². The van der Waals surface area contributed by atoms with Crippen molar-refractivity contribution in [2.24, 2.45) is 0 Å². The Kier molecular flexibility index (Phi) is 5.00. The fourth-order valence-electron chi connectivity index (χ4n) is 2.77. The van der Waals surface area contributed by atoms with Gasteiger partial charge in [-0.15, -0.1) is 0 Å². The van der Waals surface area contributed by atoms with Gasteiger partial charge in [0.05, 0.1) is 0 Å². The van der Waals surface area contributed by atoms with Gasteiger partial charge in [-0.1, -0.05) is 36.2 Å². The number of hydrogen-bond acceptors (Lipinski definition) is 2. The van der Waals surface area contributed by atoms with Crippen molar-refractivity contribution >= 4 is 0 Å². The quantitative estimate of drug-likeness (QED) is 0.808. The second-order valence-corrected chi connectivity index (χ2v) is 6.10. The van der Waals surface area contributed by atoms with E-state index in [4.69, 9.17) is 0 Å². The van der Waals surface area contributed by atoms with Gasteiger partial charge in [0.1, 0.15) is 0 Å². The number of benzene rings is 1. The Morgan fingerprint density at radius 1 is 1.21 bits per heavy atom. The molecule has 0 radical (unpaired) electrons. The zero-order chi connectivity index (χ0) is 13.8. The summed E-state index contributed by atoms with van der Waals surface area (Å²) in [6.45, 7) is 8.83. The minimum atomic E-state index is 0.462. The lowest BCUT2D eigenvalue weighted by Crippen LogP contribution is -2.34. The van der Waals surface area contributed by atoms with E-state index in [0.29, 0.717) is 6.04 Å². The van der Waals surface area contributed by atoms with Crippen molar-refractivity contribution < 1.29 is 0 Å². The molecule has 0 aromatic heterocycles. The first kappa shape index (κ1) is 14.5. The summed E-state index contributed by atoms with van der Waals surface area (Å²) >= 11 is 0. The standard InChI is InChI=1S/C17H28N2/c1-5-8-18-17(12-19(4)16-6-7-16)15-10-13(2)9-14(3)11-15/h9-11,16-18H,5-8,12H2,1-4H3. The first-order valence-electron chi connectivity index (χ1n) is 7.62. The van der Waals surface area contributed by atoms with Gasteiger partial charge in [-0.3, -0.25) is 0 Å². The van der Waals surface area contributed by atoms with E-state index in [1.54, 1.807) is 0 Å². The Labute approximate surface area is 118 Å². The number of rotatable bonds is 7. The van der Waals surface area contributed by atoms with Crippen molar-refractivity contribution in [3.05, 3.63) is 34.9 Å². The monoisotopic (exact) mass is 260 g/mol. The van der Waals surface area contributed by atoms with Crippen molar-refractivity contribution in [2.75, 3.05) is 20.1 Å². The third-order valence-corrected chi connectivity index (χ3v) is 3.93. The van der Waals surface area contributed by atoms with Crippen LogP contribution in [0.15, 0.2) is 18.2 Å². The molecule has 2 heteroatoms. The maximum Gasteiger partial charge on any atom is 0.0449 e. The van der Waals surface area contributed by atoms with Gasteiger partial charge in [0.15, 0.2) is 0 Å². The second-order valence-electron chi connectivity index (χ2n) is 6.10. The third kappa shape index (κ3) is 4.32. The first-order valence-corrected chi connectivity index (χ1v) is 7.62. The highest BCUT2D eigenvalue weighted by atomic mass is 15.2. The van der Waals surface area contributed by atoms with Crippen LogP contribution in [0.4, 0.5) is 0 Å². The van der Waals surface area contributed by atoms with Crippen LogP contribution in [0.2, 0.25) is 0 Å². The summed E-state index contributed by atoms with van der Waals surface area (Å²) < 4.78 is 0. The van der Waals surface area contributed by atoms with Gasteiger partial charge < -0.3 is 10.2 Å². The van der Waals surface area contributed by atoms with E-state index >= 15 is 0 Å². The molecule has 1 aliphatic rings. The van der Waals surface area contributed by atoms with E-state index in [1.807, 2.05) is 0 Å². The molecule has 2 rings (SSSR count). The van der Waals surface area contributed by atoms with Gasteiger partial charge in [0.2, 0.25) is 0 Å². The maximum absolute atomic E-state index is 3.71. The fraction of sp³-hybridized carbons (Fsp3) is 0.647.